The molecular weight excluding hydrogens is 274 g/mol. The number of carboxylic acids is 1. The van der Waals surface area contributed by atoms with Crippen LogP contribution in [-0.4, -0.2) is 40.3 Å². The fourth-order valence-corrected chi connectivity index (χ4v) is 1.60. The molecule has 0 saturated carbocycles. The number of rotatable bonds is 7. The highest BCUT2D eigenvalue weighted by atomic mass is 16.5. The van der Waals surface area contributed by atoms with Gasteiger partial charge in [-0.25, -0.2) is 4.79 Å². The summed E-state index contributed by atoms with van der Waals surface area (Å²) in [5, 5.41) is 20.7. The minimum atomic E-state index is -1.97. The second kappa shape index (κ2) is 7.08. The third kappa shape index (κ3) is 5.83. The maximum atomic E-state index is 11.8. The van der Waals surface area contributed by atoms with E-state index in [9.17, 15) is 14.7 Å². The second-order valence-corrected chi connectivity index (χ2v) is 5.35. The number of carbonyl (C=O) groups is 2. The van der Waals surface area contributed by atoms with E-state index >= 15 is 0 Å². The van der Waals surface area contributed by atoms with E-state index in [2.05, 4.69) is 5.32 Å². The van der Waals surface area contributed by atoms with Gasteiger partial charge in [0.25, 0.3) is 0 Å². The Bertz CT molecular complexity index is 511. The highest BCUT2D eigenvalue weighted by Crippen LogP contribution is 2.15. The van der Waals surface area contributed by atoms with Crippen molar-refractivity contribution in [3.8, 4) is 5.75 Å². The van der Waals surface area contributed by atoms with E-state index in [-0.39, 0.29) is 25.0 Å². The summed E-state index contributed by atoms with van der Waals surface area (Å²) in [5.74, 6) is -1.07. The topological polar surface area (TPSA) is 95.9 Å². The van der Waals surface area contributed by atoms with Gasteiger partial charge >= 0.3 is 5.97 Å². The number of amides is 1. The van der Waals surface area contributed by atoms with Gasteiger partial charge in [0.05, 0.1) is 19.1 Å². The molecule has 0 spiro atoms. The van der Waals surface area contributed by atoms with Crippen molar-refractivity contribution in [3.05, 3.63) is 29.8 Å². The van der Waals surface area contributed by atoms with Crippen molar-refractivity contribution in [2.45, 2.75) is 38.9 Å². The average Bonchev–Trinajstić information content (AvgIpc) is 2.36. The summed E-state index contributed by atoms with van der Waals surface area (Å²) in [5.41, 5.74) is -1.22. The molecule has 1 aromatic carbocycles. The van der Waals surface area contributed by atoms with E-state index in [1.165, 1.54) is 0 Å². The Balaban J connectivity index is 2.57. The molecular formula is C15H21NO5. The summed E-state index contributed by atoms with van der Waals surface area (Å²) < 4.78 is 5.53. The third-order valence-corrected chi connectivity index (χ3v) is 2.73. The van der Waals surface area contributed by atoms with E-state index in [1.54, 1.807) is 24.3 Å². The molecule has 0 aromatic heterocycles. The minimum Gasteiger partial charge on any atom is -0.491 e. The van der Waals surface area contributed by atoms with E-state index in [0.29, 0.717) is 5.75 Å². The van der Waals surface area contributed by atoms with Crippen LogP contribution in [0.4, 0.5) is 0 Å². The molecule has 0 radical (unpaired) electrons. The molecule has 0 aliphatic carbocycles. The molecule has 0 heterocycles. The fraction of sp³-hybridized carbons (Fsp3) is 0.467. The zero-order chi connectivity index (χ0) is 16.0. The lowest BCUT2D eigenvalue weighted by atomic mass is 10.1. The van der Waals surface area contributed by atoms with Crippen molar-refractivity contribution in [2.24, 2.45) is 0 Å². The zero-order valence-corrected chi connectivity index (χ0v) is 12.4. The van der Waals surface area contributed by atoms with Crippen LogP contribution >= 0.6 is 0 Å². The van der Waals surface area contributed by atoms with Crippen LogP contribution in [0, 0.1) is 0 Å². The van der Waals surface area contributed by atoms with Gasteiger partial charge in [-0.1, -0.05) is 12.1 Å². The Morgan fingerprint density at radius 1 is 1.38 bits per heavy atom. The van der Waals surface area contributed by atoms with Crippen molar-refractivity contribution in [1.82, 2.24) is 5.32 Å². The van der Waals surface area contributed by atoms with Crippen molar-refractivity contribution in [2.75, 3.05) is 6.54 Å². The Morgan fingerprint density at radius 3 is 2.62 bits per heavy atom. The molecule has 1 amide bonds. The fourth-order valence-electron chi connectivity index (χ4n) is 1.60. The lowest BCUT2D eigenvalue weighted by Crippen LogP contribution is -2.46. The maximum Gasteiger partial charge on any atom is 0.337 e. The van der Waals surface area contributed by atoms with Gasteiger partial charge < -0.3 is 20.3 Å². The molecule has 1 rings (SSSR count). The van der Waals surface area contributed by atoms with Gasteiger partial charge in [0, 0.05) is 0 Å². The highest BCUT2D eigenvalue weighted by molar-refractivity contribution is 5.81. The van der Waals surface area contributed by atoms with Crippen molar-refractivity contribution in [3.63, 3.8) is 0 Å². The Kier molecular flexibility index (Phi) is 5.72. The van der Waals surface area contributed by atoms with Gasteiger partial charge in [-0.15, -0.1) is 0 Å². The summed E-state index contributed by atoms with van der Waals surface area (Å²) in [7, 11) is 0. The minimum absolute atomic E-state index is 0.0414. The summed E-state index contributed by atoms with van der Waals surface area (Å²) >= 11 is 0. The van der Waals surface area contributed by atoms with Crippen LogP contribution in [0.2, 0.25) is 0 Å². The zero-order valence-electron chi connectivity index (χ0n) is 12.4. The summed E-state index contributed by atoms with van der Waals surface area (Å²) in [4.78, 5) is 22.5. The molecule has 21 heavy (non-hydrogen) atoms. The number of aliphatic hydroxyl groups is 1. The van der Waals surface area contributed by atoms with E-state index < -0.39 is 11.6 Å². The molecule has 0 aliphatic rings. The summed E-state index contributed by atoms with van der Waals surface area (Å²) in [6.45, 7) is 4.61. The van der Waals surface area contributed by atoms with E-state index in [4.69, 9.17) is 9.84 Å². The normalized spacial score (nSPS) is 13.6. The monoisotopic (exact) mass is 295 g/mol. The molecule has 0 fully saturated rings. The lowest BCUT2D eigenvalue weighted by Gasteiger charge is -2.18. The largest absolute Gasteiger partial charge is 0.491 e. The first-order valence-corrected chi connectivity index (χ1v) is 6.69. The van der Waals surface area contributed by atoms with Gasteiger partial charge in [0.15, 0.2) is 5.60 Å². The van der Waals surface area contributed by atoms with Crippen LogP contribution in [0.15, 0.2) is 24.3 Å². The predicted molar refractivity (Wildman–Crippen MR) is 77.2 cm³/mol. The molecule has 116 valence electrons. The van der Waals surface area contributed by atoms with Crippen LogP contribution in [0.25, 0.3) is 0 Å². The number of aliphatic carboxylic acids is 1. The van der Waals surface area contributed by atoms with E-state index in [1.807, 2.05) is 13.8 Å². The van der Waals surface area contributed by atoms with Crippen molar-refractivity contribution in [1.29, 1.82) is 0 Å². The van der Waals surface area contributed by atoms with Crippen molar-refractivity contribution < 1.29 is 24.5 Å². The highest BCUT2D eigenvalue weighted by Gasteiger charge is 2.30. The summed E-state index contributed by atoms with van der Waals surface area (Å²) in [6, 6.07) is 7.13. The summed E-state index contributed by atoms with van der Waals surface area (Å²) in [6.07, 6.45) is 0.130. The Hall–Kier alpha value is -2.08. The molecule has 0 bridgehead atoms. The van der Waals surface area contributed by atoms with Crippen LogP contribution in [0.3, 0.4) is 0 Å². The molecule has 3 N–H and O–H groups in total. The molecule has 1 aromatic rings. The average molecular weight is 295 g/mol. The third-order valence-electron chi connectivity index (χ3n) is 2.73. The lowest BCUT2D eigenvalue weighted by molar-refractivity contribution is -0.156. The van der Waals surface area contributed by atoms with Gasteiger partial charge in [0.1, 0.15) is 5.75 Å². The number of ether oxygens (including phenoxy) is 1. The van der Waals surface area contributed by atoms with Gasteiger partial charge in [-0.2, -0.15) is 0 Å². The molecule has 1 unspecified atom stereocenters. The smallest absolute Gasteiger partial charge is 0.337 e. The Labute approximate surface area is 123 Å². The molecule has 0 aliphatic heterocycles. The number of carbonyl (C=O) groups excluding carboxylic acids is 1. The number of carboxylic acid groups (broad SMARTS) is 1. The van der Waals surface area contributed by atoms with Crippen LogP contribution < -0.4 is 10.1 Å². The quantitative estimate of drug-likeness (QED) is 0.696. The van der Waals surface area contributed by atoms with Crippen molar-refractivity contribution >= 4 is 11.9 Å². The number of hydrogen-bond donors (Lipinski definition) is 3. The molecule has 0 saturated heterocycles. The first-order valence-electron chi connectivity index (χ1n) is 6.69. The molecule has 6 nitrogen and oxygen atoms in total. The predicted octanol–water partition coefficient (Wildman–Crippen LogP) is 0.968. The first kappa shape index (κ1) is 17.0. The second-order valence-electron chi connectivity index (χ2n) is 5.35. The van der Waals surface area contributed by atoms with E-state index in [0.717, 1.165) is 12.5 Å². The number of nitrogens with one attached hydrogen (secondary N) is 1. The molecule has 1 atom stereocenters. The van der Waals surface area contributed by atoms with Crippen LogP contribution in [0.5, 0.6) is 5.75 Å². The van der Waals surface area contributed by atoms with Gasteiger partial charge in [0.2, 0.25) is 5.91 Å². The maximum absolute atomic E-state index is 11.8. The molecule has 6 heteroatoms. The first-order chi connectivity index (χ1) is 9.70. The Morgan fingerprint density at radius 2 is 2.05 bits per heavy atom. The van der Waals surface area contributed by atoms with Gasteiger partial charge in [-0.3, -0.25) is 4.79 Å². The standard InChI is InChI=1S/C15H21NO5/c1-10(2)21-12-6-4-5-11(7-12)8-13(17)16-9-15(3,20)14(18)19/h4-7,10,20H,8-9H2,1-3H3,(H,16,17)(H,18,19). The van der Waals surface area contributed by atoms with Crippen LogP contribution in [-0.2, 0) is 16.0 Å². The van der Waals surface area contributed by atoms with Gasteiger partial charge in [-0.05, 0) is 38.5 Å². The van der Waals surface area contributed by atoms with Crippen LogP contribution in [0.1, 0.15) is 26.3 Å². The number of hydrogen-bond acceptors (Lipinski definition) is 4. The number of benzene rings is 1. The SMILES string of the molecule is CC(C)Oc1cccc(CC(=O)NCC(C)(O)C(=O)O)c1.